The third-order valence-corrected chi connectivity index (χ3v) is 3.34. The molecule has 0 amide bonds. The van der Waals surface area contributed by atoms with E-state index >= 15 is 0 Å². The molecule has 1 aromatic carbocycles. The third kappa shape index (κ3) is 2.06. The van der Waals surface area contributed by atoms with Crippen molar-refractivity contribution in [2.45, 2.75) is 38.3 Å². The van der Waals surface area contributed by atoms with Gasteiger partial charge < -0.3 is 10.4 Å². The highest BCUT2D eigenvalue weighted by atomic mass is 16.3. The first kappa shape index (κ1) is 10.7. The van der Waals surface area contributed by atoms with Crippen LogP contribution in [-0.2, 0) is 5.60 Å². The average molecular weight is 205 g/mol. The second-order valence-corrected chi connectivity index (χ2v) is 4.67. The minimum Gasteiger partial charge on any atom is -0.384 e. The first-order valence-electron chi connectivity index (χ1n) is 5.63. The Morgan fingerprint density at radius 2 is 2.27 bits per heavy atom. The van der Waals surface area contributed by atoms with E-state index in [-0.39, 0.29) is 6.04 Å². The Balaban J connectivity index is 2.27. The summed E-state index contributed by atoms with van der Waals surface area (Å²) in [7, 11) is 0. The van der Waals surface area contributed by atoms with Gasteiger partial charge in [-0.15, -0.1) is 0 Å². The zero-order chi connectivity index (χ0) is 10.9. The van der Waals surface area contributed by atoms with E-state index in [1.54, 1.807) is 0 Å². The summed E-state index contributed by atoms with van der Waals surface area (Å²) in [5, 5.41) is 13.9. The molecule has 82 valence electrons. The molecule has 0 spiro atoms. The van der Waals surface area contributed by atoms with Crippen LogP contribution in [0.1, 0.15) is 30.9 Å². The first-order valence-corrected chi connectivity index (χ1v) is 5.63. The lowest BCUT2D eigenvalue weighted by molar-refractivity contribution is 0.0218. The number of hydrogen-bond donors (Lipinski definition) is 2. The summed E-state index contributed by atoms with van der Waals surface area (Å²) in [4.78, 5) is 0. The predicted molar refractivity (Wildman–Crippen MR) is 61.8 cm³/mol. The molecule has 1 unspecified atom stereocenters. The van der Waals surface area contributed by atoms with Crippen LogP contribution < -0.4 is 5.32 Å². The summed E-state index contributed by atoms with van der Waals surface area (Å²) in [6, 6.07) is 8.34. The van der Waals surface area contributed by atoms with E-state index in [0.29, 0.717) is 0 Å². The molecule has 2 rings (SSSR count). The molecule has 1 saturated heterocycles. The molecule has 0 aromatic heterocycles. The first-order chi connectivity index (χ1) is 7.10. The number of rotatable bonds is 2. The Kier molecular flexibility index (Phi) is 2.81. The Morgan fingerprint density at radius 1 is 1.47 bits per heavy atom. The molecule has 1 fully saturated rings. The minimum absolute atomic E-state index is 0.194. The average Bonchev–Trinajstić information content (AvgIpc) is 2.71. The molecule has 2 N–H and O–H groups in total. The van der Waals surface area contributed by atoms with Crippen molar-refractivity contribution in [2.24, 2.45) is 0 Å². The van der Waals surface area contributed by atoms with Crippen molar-refractivity contribution in [2.75, 3.05) is 6.54 Å². The molecule has 1 aromatic rings. The molecule has 2 atom stereocenters. The normalized spacial score (nSPS) is 25.1. The van der Waals surface area contributed by atoms with Gasteiger partial charge in [0.2, 0.25) is 0 Å². The van der Waals surface area contributed by atoms with E-state index in [1.807, 2.05) is 19.1 Å². The summed E-state index contributed by atoms with van der Waals surface area (Å²) in [6.07, 6.45) is 2.22. The molecule has 2 nitrogen and oxygen atoms in total. The summed E-state index contributed by atoms with van der Waals surface area (Å²) >= 11 is 0. The molecule has 0 bridgehead atoms. The van der Waals surface area contributed by atoms with Crippen LogP contribution in [0.25, 0.3) is 0 Å². The lowest BCUT2D eigenvalue weighted by Crippen LogP contribution is -2.42. The maximum atomic E-state index is 10.5. The Labute approximate surface area is 91.3 Å². The number of aliphatic hydroxyl groups is 1. The fourth-order valence-electron chi connectivity index (χ4n) is 2.33. The Hall–Kier alpha value is -0.860. The molecular weight excluding hydrogens is 186 g/mol. The number of nitrogens with one attached hydrogen (secondary N) is 1. The van der Waals surface area contributed by atoms with E-state index in [0.717, 1.165) is 24.9 Å². The van der Waals surface area contributed by atoms with Crippen LogP contribution in [0.15, 0.2) is 24.3 Å². The van der Waals surface area contributed by atoms with Crippen molar-refractivity contribution in [1.29, 1.82) is 0 Å². The lowest BCUT2D eigenvalue weighted by Gasteiger charge is -2.31. The summed E-state index contributed by atoms with van der Waals surface area (Å²) in [5.74, 6) is 0. The SMILES string of the molecule is Cc1cccc(C(C)(O)[C@@H]2CCCN2)c1. The molecule has 1 aliphatic heterocycles. The minimum atomic E-state index is -0.747. The lowest BCUT2D eigenvalue weighted by atomic mass is 9.86. The van der Waals surface area contributed by atoms with Crippen molar-refractivity contribution < 1.29 is 5.11 Å². The Morgan fingerprint density at radius 3 is 2.87 bits per heavy atom. The predicted octanol–water partition coefficient (Wildman–Crippen LogP) is 1.95. The number of aryl methyl sites for hydroxylation is 1. The maximum Gasteiger partial charge on any atom is 0.102 e. The fraction of sp³-hybridized carbons (Fsp3) is 0.538. The van der Waals surface area contributed by atoms with Crippen molar-refractivity contribution in [3.05, 3.63) is 35.4 Å². The molecule has 0 saturated carbocycles. The van der Waals surface area contributed by atoms with Crippen molar-refractivity contribution >= 4 is 0 Å². The van der Waals surface area contributed by atoms with Gasteiger partial charge in [0.05, 0.1) is 0 Å². The van der Waals surface area contributed by atoms with Gasteiger partial charge in [0.15, 0.2) is 0 Å². The smallest absolute Gasteiger partial charge is 0.102 e. The number of hydrogen-bond acceptors (Lipinski definition) is 2. The van der Waals surface area contributed by atoms with Gasteiger partial charge in [0.25, 0.3) is 0 Å². The zero-order valence-corrected chi connectivity index (χ0v) is 9.46. The topological polar surface area (TPSA) is 32.3 Å². The second kappa shape index (κ2) is 3.95. The van der Waals surface area contributed by atoms with Crippen molar-refractivity contribution in [3.63, 3.8) is 0 Å². The van der Waals surface area contributed by atoms with Crippen LogP contribution in [0.2, 0.25) is 0 Å². The van der Waals surface area contributed by atoms with Gasteiger partial charge >= 0.3 is 0 Å². The van der Waals surface area contributed by atoms with Gasteiger partial charge in [-0.3, -0.25) is 0 Å². The van der Waals surface area contributed by atoms with Gasteiger partial charge in [-0.05, 0) is 38.8 Å². The van der Waals surface area contributed by atoms with Crippen molar-refractivity contribution in [1.82, 2.24) is 5.32 Å². The van der Waals surface area contributed by atoms with E-state index in [4.69, 9.17) is 0 Å². The van der Waals surface area contributed by atoms with Gasteiger partial charge in [-0.25, -0.2) is 0 Å². The highest BCUT2D eigenvalue weighted by Crippen LogP contribution is 2.29. The maximum absolute atomic E-state index is 10.5. The van der Waals surface area contributed by atoms with E-state index in [9.17, 15) is 5.11 Å². The number of benzene rings is 1. The summed E-state index contributed by atoms with van der Waals surface area (Å²) in [6.45, 7) is 4.99. The van der Waals surface area contributed by atoms with Crippen molar-refractivity contribution in [3.8, 4) is 0 Å². The van der Waals surface area contributed by atoms with Crippen LogP contribution in [0, 0.1) is 6.92 Å². The largest absolute Gasteiger partial charge is 0.384 e. The highest BCUT2D eigenvalue weighted by molar-refractivity contribution is 5.28. The van der Waals surface area contributed by atoms with E-state index in [1.165, 1.54) is 5.56 Å². The third-order valence-electron chi connectivity index (χ3n) is 3.34. The monoisotopic (exact) mass is 205 g/mol. The van der Waals surface area contributed by atoms with Gasteiger partial charge in [-0.1, -0.05) is 29.8 Å². The van der Waals surface area contributed by atoms with Crippen LogP contribution in [0.3, 0.4) is 0 Å². The molecule has 2 heteroatoms. The van der Waals surface area contributed by atoms with Gasteiger partial charge in [0.1, 0.15) is 5.60 Å². The van der Waals surface area contributed by atoms with E-state index < -0.39 is 5.60 Å². The van der Waals surface area contributed by atoms with Crippen LogP contribution in [0.4, 0.5) is 0 Å². The molecule has 1 heterocycles. The van der Waals surface area contributed by atoms with Crippen LogP contribution in [-0.4, -0.2) is 17.7 Å². The quantitative estimate of drug-likeness (QED) is 0.773. The second-order valence-electron chi connectivity index (χ2n) is 4.67. The zero-order valence-electron chi connectivity index (χ0n) is 9.46. The molecule has 0 aliphatic carbocycles. The molecule has 15 heavy (non-hydrogen) atoms. The molecule has 1 aliphatic rings. The molecule has 0 radical (unpaired) electrons. The van der Waals surface area contributed by atoms with Gasteiger partial charge in [0, 0.05) is 6.04 Å². The molecular formula is C13H19NO. The fourth-order valence-corrected chi connectivity index (χ4v) is 2.33. The van der Waals surface area contributed by atoms with Gasteiger partial charge in [-0.2, -0.15) is 0 Å². The van der Waals surface area contributed by atoms with Crippen LogP contribution >= 0.6 is 0 Å². The summed E-state index contributed by atoms with van der Waals surface area (Å²) in [5.41, 5.74) is 1.47. The standard InChI is InChI=1S/C13H19NO/c1-10-5-3-6-11(9-10)13(2,15)12-7-4-8-14-12/h3,5-6,9,12,14-15H,4,7-8H2,1-2H3/t12-,13?/m0/s1. The van der Waals surface area contributed by atoms with E-state index in [2.05, 4.69) is 24.4 Å². The Bertz CT molecular complexity index is 340. The highest BCUT2D eigenvalue weighted by Gasteiger charge is 2.35. The van der Waals surface area contributed by atoms with Crippen LogP contribution in [0.5, 0.6) is 0 Å². The summed E-state index contributed by atoms with van der Waals surface area (Å²) < 4.78 is 0.